The topological polar surface area (TPSA) is 73.4 Å². The second-order valence-corrected chi connectivity index (χ2v) is 8.26. The van der Waals surface area contributed by atoms with E-state index < -0.39 is 0 Å². The van der Waals surface area contributed by atoms with Crippen LogP contribution < -0.4 is 0 Å². The van der Waals surface area contributed by atoms with E-state index in [1.54, 1.807) is 6.92 Å². The molecule has 5 heteroatoms. The standard InChI is InChI=1S/C21H22N2O2.H2O/c1-3-12-10-23-16-8-13(12)18-17(23)9-21(20(18)25-11(2)24)14-6-4-5-7-15(14)22-19(16)21;/h3-7,13,16-18,20H,8-10H2,1-2H3;1H2/t13?,16-,17?,18+,20?,21+;/m0./s1. The summed E-state index contributed by atoms with van der Waals surface area (Å²) >= 11 is 0. The number of nitrogens with zero attached hydrogens (tertiary/aromatic N) is 2. The summed E-state index contributed by atoms with van der Waals surface area (Å²) in [4.78, 5) is 19.8. The number of carbonyl (C=O) groups excluding carboxylic acids is 1. The van der Waals surface area contributed by atoms with Gasteiger partial charge in [0.05, 0.1) is 22.9 Å². The van der Waals surface area contributed by atoms with E-state index in [0.717, 1.165) is 25.1 Å². The average molecular weight is 352 g/mol. The SMILES string of the molecule is CC=C1CN2C3C[C@]45C(=Nc6ccccc64)[C@@H]2CC1[C@H]3C5OC(C)=O.O. The minimum absolute atomic E-state index is 0. The van der Waals surface area contributed by atoms with Crippen LogP contribution in [0, 0.1) is 11.8 Å². The molecule has 26 heavy (non-hydrogen) atoms. The van der Waals surface area contributed by atoms with E-state index in [9.17, 15) is 4.79 Å². The first-order chi connectivity index (χ1) is 12.1. The van der Waals surface area contributed by atoms with Crippen LogP contribution in [0.2, 0.25) is 0 Å². The molecule has 5 bridgehead atoms. The van der Waals surface area contributed by atoms with E-state index in [1.165, 1.54) is 16.8 Å². The molecule has 1 spiro atoms. The zero-order valence-corrected chi connectivity index (χ0v) is 15.1. The summed E-state index contributed by atoms with van der Waals surface area (Å²) in [6.07, 6.45) is 4.40. The smallest absolute Gasteiger partial charge is 0.302 e. The number of carbonyl (C=O) groups is 1. The van der Waals surface area contributed by atoms with Crippen molar-refractivity contribution >= 4 is 17.4 Å². The van der Waals surface area contributed by atoms with Gasteiger partial charge in [-0.1, -0.05) is 29.8 Å². The van der Waals surface area contributed by atoms with Gasteiger partial charge in [0.1, 0.15) is 6.10 Å². The van der Waals surface area contributed by atoms with Gasteiger partial charge in [-0.25, -0.2) is 0 Å². The Balaban J connectivity index is 0.00000150. The molecular weight excluding hydrogens is 328 g/mol. The van der Waals surface area contributed by atoms with E-state index in [2.05, 4.69) is 42.2 Å². The third-order valence-electron chi connectivity index (χ3n) is 7.48. The molecule has 0 amide bonds. The molecule has 1 aliphatic carbocycles. The lowest BCUT2D eigenvalue weighted by atomic mass is 9.66. The zero-order chi connectivity index (χ0) is 16.9. The Morgan fingerprint density at radius 2 is 2.19 bits per heavy atom. The van der Waals surface area contributed by atoms with E-state index >= 15 is 0 Å². The molecule has 1 saturated carbocycles. The number of para-hydroxylation sites is 1. The lowest BCUT2D eigenvalue weighted by Crippen LogP contribution is -2.64. The zero-order valence-electron chi connectivity index (χ0n) is 15.1. The maximum Gasteiger partial charge on any atom is 0.302 e. The lowest BCUT2D eigenvalue weighted by molar-refractivity contribution is -0.152. The van der Waals surface area contributed by atoms with Crippen LogP contribution in [0.5, 0.6) is 0 Å². The summed E-state index contributed by atoms with van der Waals surface area (Å²) in [6.45, 7) is 4.77. The molecule has 5 aliphatic heterocycles. The van der Waals surface area contributed by atoms with Gasteiger partial charge < -0.3 is 10.2 Å². The van der Waals surface area contributed by atoms with Crippen molar-refractivity contribution in [3.63, 3.8) is 0 Å². The number of benzene rings is 1. The molecule has 6 aliphatic rings. The van der Waals surface area contributed by atoms with E-state index in [4.69, 9.17) is 9.73 Å². The fourth-order valence-corrected chi connectivity index (χ4v) is 6.78. The van der Waals surface area contributed by atoms with E-state index in [1.807, 2.05) is 0 Å². The minimum atomic E-state index is -0.184. The van der Waals surface area contributed by atoms with Gasteiger partial charge in [0.25, 0.3) is 0 Å². The van der Waals surface area contributed by atoms with Crippen LogP contribution in [-0.2, 0) is 14.9 Å². The Hall–Kier alpha value is -1.98. The number of fused-ring (bicyclic) bond motifs is 2. The van der Waals surface area contributed by atoms with Crippen LogP contribution in [0.1, 0.15) is 32.3 Å². The Kier molecular flexibility index (Phi) is 3.15. The second-order valence-electron chi connectivity index (χ2n) is 8.26. The molecule has 4 saturated heterocycles. The number of hydrogen-bond acceptors (Lipinski definition) is 4. The number of piperidine rings is 4. The summed E-state index contributed by atoms with van der Waals surface area (Å²) in [5.41, 5.74) is 5.00. The molecule has 7 rings (SSSR count). The molecule has 7 atom stereocenters. The number of aliphatic imine (C=N–C) groups is 1. The monoisotopic (exact) mass is 352 g/mol. The van der Waals surface area contributed by atoms with Crippen LogP contribution in [0.4, 0.5) is 5.69 Å². The number of allylic oxidation sites excluding steroid dienone is 1. The summed E-state index contributed by atoms with van der Waals surface area (Å²) in [6, 6.07) is 9.42. The summed E-state index contributed by atoms with van der Waals surface area (Å²) in [7, 11) is 0. The predicted octanol–water partition coefficient (Wildman–Crippen LogP) is 2.17. The molecule has 0 aromatic heterocycles. The third-order valence-corrected chi connectivity index (χ3v) is 7.48. The minimum Gasteiger partial charge on any atom is -0.461 e. The Morgan fingerprint density at radius 3 is 2.96 bits per heavy atom. The largest absolute Gasteiger partial charge is 0.461 e. The van der Waals surface area contributed by atoms with Crippen molar-refractivity contribution in [1.82, 2.24) is 4.90 Å². The molecular formula is C21H24N2O3. The highest BCUT2D eigenvalue weighted by Crippen LogP contribution is 2.66. The summed E-state index contributed by atoms with van der Waals surface area (Å²) < 4.78 is 6.09. The summed E-state index contributed by atoms with van der Waals surface area (Å²) in [5, 5.41) is 0. The highest BCUT2D eigenvalue weighted by molar-refractivity contribution is 6.08. The van der Waals surface area contributed by atoms with Gasteiger partial charge in [-0.05, 0) is 37.3 Å². The maximum absolute atomic E-state index is 12.0. The fourth-order valence-electron chi connectivity index (χ4n) is 6.78. The molecule has 2 N–H and O–H groups in total. The van der Waals surface area contributed by atoms with Crippen LogP contribution in [-0.4, -0.2) is 46.8 Å². The van der Waals surface area contributed by atoms with Gasteiger partial charge in [0.15, 0.2) is 0 Å². The number of esters is 1. The Bertz CT molecular complexity index is 876. The molecule has 1 aromatic carbocycles. The van der Waals surface area contributed by atoms with Crippen LogP contribution in [0.3, 0.4) is 0 Å². The van der Waals surface area contributed by atoms with Crippen LogP contribution >= 0.6 is 0 Å². The van der Waals surface area contributed by atoms with Crippen molar-refractivity contribution in [2.75, 3.05) is 6.54 Å². The third kappa shape index (κ3) is 1.60. The molecule has 5 fully saturated rings. The number of rotatable bonds is 1. The quantitative estimate of drug-likeness (QED) is 0.574. The molecule has 4 unspecified atom stereocenters. The van der Waals surface area contributed by atoms with Crippen molar-refractivity contribution in [3.8, 4) is 0 Å². The molecule has 1 aromatic rings. The first kappa shape index (κ1) is 16.2. The van der Waals surface area contributed by atoms with Gasteiger partial charge in [0.2, 0.25) is 0 Å². The number of hydrogen-bond donors (Lipinski definition) is 0. The normalized spacial score (nSPS) is 44.4. The molecule has 0 radical (unpaired) electrons. The number of ether oxygens (including phenoxy) is 1. The molecule has 5 heterocycles. The Labute approximate surface area is 153 Å². The average Bonchev–Trinajstić information content (AvgIpc) is 3.09. The van der Waals surface area contributed by atoms with Crippen molar-refractivity contribution in [2.45, 2.75) is 50.3 Å². The van der Waals surface area contributed by atoms with Crippen LogP contribution in [0.25, 0.3) is 0 Å². The fraction of sp³-hybridized carbons (Fsp3) is 0.524. The van der Waals surface area contributed by atoms with Gasteiger partial charge in [-0.2, -0.15) is 0 Å². The molecule has 5 nitrogen and oxygen atoms in total. The summed E-state index contributed by atoms with van der Waals surface area (Å²) in [5.74, 6) is 0.778. The van der Waals surface area contributed by atoms with Crippen molar-refractivity contribution in [2.24, 2.45) is 16.8 Å². The predicted molar refractivity (Wildman–Crippen MR) is 98.6 cm³/mol. The highest BCUT2D eigenvalue weighted by atomic mass is 16.5. The van der Waals surface area contributed by atoms with Gasteiger partial charge in [0, 0.05) is 25.4 Å². The molecule has 136 valence electrons. The second kappa shape index (κ2) is 5.05. The highest BCUT2D eigenvalue weighted by Gasteiger charge is 2.73. The maximum atomic E-state index is 12.0. The lowest BCUT2D eigenvalue weighted by Gasteiger charge is -2.55. The van der Waals surface area contributed by atoms with E-state index in [0.29, 0.717) is 23.9 Å². The van der Waals surface area contributed by atoms with Gasteiger partial charge >= 0.3 is 5.97 Å². The van der Waals surface area contributed by atoms with Crippen molar-refractivity contribution < 1.29 is 15.0 Å². The van der Waals surface area contributed by atoms with Gasteiger partial charge in [-0.15, -0.1) is 0 Å². The first-order valence-electron chi connectivity index (χ1n) is 9.42. The first-order valence-corrected chi connectivity index (χ1v) is 9.42. The Morgan fingerprint density at radius 1 is 1.38 bits per heavy atom. The van der Waals surface area contributed by atoms with Crippen LogP contribution in [0.15, 0.2) is 40.9 Å². The van der Waals surface area contributed by atoms with Gasteiger partial charge in [-0.3, -0.25) is 14.7 Å². The van der Waals surface area contributed by atoms with Crippen molar-refractivity contribution in [1.29, 1.82) is 0 Å². The van der Waals surface area contributed by atoms with E-state index in [-0.39, 0.29) is 23.0 Å². The van der Waals surface area contributed by atoms with Crippen molar-refractivity contribution in [3.05, 3.63) is 41.5 Å².